The van der Waals surface area contributed by atoms with Crippen LogP contribution in [0.2, 0.25) is 5.15 Å². The lowest BCUT2D eigenvalue weighted by Crippen LogP contribution is -2.35. The molecule has 0 saturated carbocycles. The number of nitrogens with zero attached hydrogens (tertiary/aromatic N) is 2. The van der Waals surface area contributed by atoms with Crippen LogP contribution in [0.25, 0.3) is 0 Å². The van der Waals surface area contributed by atoms with Crippen LogP contribution >= 0.6 is 34.2 Å². The maximum Gasteiger partial charge on any atom is 0.410 e. The molecule has 2 heterocycles. The lowest BCUT2D eigenvalue weighted by Gasteiger charge is -2.24. The molecule has 0 aliphatic carbocycles. The molecule has 1 saturated heterocycles. The summed E-state index contributed by atoms with van der Waals surface area (Å²) >= 11 is 8.00. The van der Waals surface area contributed by atoms with Crippen LogP contribution < -0.4 is 4.74 Å². The highest BCUT2D eigenvalue weighted by molar-refractivity contribution is 14.1. The van der Waals surface area contributed by atoms with Crippen LogP contribution in [0.4, 0.5) is 4.79 Å². The van der Waals surface area contributed by atoms with Gasteiger partial charge in [0.1, 0.15) is 16.5 Å². The Hall–Kier alpha value is -0.760. The minimum Gasteiger partial charge on any atom is -0.492 e. The van der Waals surface area contributed by atoms with Crippen LogP contribution in [0.1, 0.15) is 27.2 Å². The van der Waals surface area contributed by atoms with Crippen molar-refractivity contribution in [1.82, 2.24) is 9.88 Å². The predicted molar refractivity (Wildman–Crippen MR) is 93.4 cm³/mol. The van der Waals surface area contributed by atoms with Crippen molar-refractivity contribution in [2.45, 2.75) is 32.8 Å². The number of amides is 1. The summed E-state index contributed by atoms with van der Waals surface area (Å²) in [6, 6.07) is 1.86. The molecule has 0 unspecified atom stereocenters. The molecule has 0 bridgehead atoms. The number of rotatable bonds is 3. The summed E-state index contributed by atoms with van der Waals surface area (Å²) in [5.74, 6) is 1.00. The molecule has 2 rings (SSSR count). The summed E-state index contributed by atoms with van der Waals surface area (Å²) in [5, 5.41) is 0.477. The molecule has 1 amide bonds. The fourth-order valence-corrected chi connectivity index (χ4v) is 2.71. The third kappa shape index (κ3) is 5.15. The van der Waals surface area contributed by atoms with Crippen LogP contribution in [0.15, 0.2) is 12.3 Å². The number of ether oxygens (including phenoxy) is 2. The number of carbonyl (C=O) groups is 1. The molecule has 5 nitrogen and oxygen atoms in total. The Balaban J connectivity index is 1.81. The van der Waals surface area contributed by atoms with Gasteiger partial charge in [-0.1, -0.05) is 11.6 Å². The molecule has 1 aliphatic heterocycles. The van der Waals surface area contributed by atoms with Crippen LogP contribution in [0.5, 0.6) is 5.75 Å². The molecule has 0 aromatic carbocycles. The van der Waals surface area contributed by atoms with Gasteiger partial charge in [0.05, 0.1) is 16.4 Å². The molecule has 1 atom stereocenters. The predicted octanol–water partition coefficient (Wildman–Crippen LogP) is 3.98. The van der Waals surface area contributed by atoms with E-state index in [0.29, 0.717) is 36.5 Å². The molecule has 22 heavy (non-hydrogen) atoms. The van der Waals surface area contributed by atoms with Gasteiger partial charge in [-0.15, -0.1) is 0 Å². The Morgan fingerprint density at radius 3 is 2.91 bits per heavy atom. The van der Waals surface area contributed by atoms with E-state index in [4.69, 9.17) is 21.1 Å². The summed E-state index contributed by atoms with van der Waals surface area (Å²) in [5.41, 5.74) is -0.461. The van der Waals surface area contributed by atoms with Gasteiger partial charge in [0.2, 0.25) is 0 Å². The van der Waals surface area contributed by atoms with Gasteiger partial charge in [-0.2, -0.15) is 0 Å². The maximum absolute atomic E-state index is 12.0. The van der Waals surface area contributed by atoms with Gasteiger partial charge in [-0.05, 0) is 55.8 Å². The lowest BCUT2D eigenvalue weighted by atomic mass is 10.1. The molecule has 1 fully saturated rings. The summed E-state index contributed by atoms with van der Waals surface area (Å²) in [6.07, 6.45) is 2.28. The first kappa shape index (κ1) is 17.6. The zero-order valence-corrected chi connectivity index (χ0v) is 15.8. The van der Waals surface area contributed by atoms with Gasteiger partial charge < -0.3 is 14.4 Å². The van der Waals surface area contributed by atoms with Gasteiger partial charge in [0, 0.05) is 19.0 Å². The third-order valence-electron chi connectivity index (χ3n) is 3.19. The fourth-order valence-electron chi connectivity index (χ4n) is 2.16. The molecule has 0 radical (unpaired) electrons. The van der Waals surface area contributed by atoms with Gasteiger partial charge >= 0.3 is 6.09 Å². The van der Waals surface area contributed by atoms with Crippen LogP contribution in [-0.2, 0) is 4.74 Å². The quantitative estimate of drug-likeness (QED) is 0.529. The molecule has 7 heteroatoms. The van der Waals surface area contributed by atoms with Gasteiger partial charge in [-0.25, -0.2) is 9.78 Å². The molecule has 1 aromatic heterocycles. The zero-order chi connectivity index (χ0) is 16.3. The second kappa shape index (κ2) is 7.21. The second-order valence-electron chi connectivity index (χ2n) is 6.34. The third-order valence-corrected chi connectivity index (χ3v) is 4.64. The number of likely N-dealkylation sites (tertiary alicyclic amines) is 1. The molecule has 122 valence electrons. The van der Waals surface area contributed by atoms with Crippen molar-refractivity contribution in [1.29, 1.82) is 0 Å². The second-order valence-corrected chi connectivity index (χ2v) is 7.86. The normalized spacial score (nSPS) is 18.4. The average Bonchev–Trinajstić information content (AvgIpc) is 2.87. The minimum absolute atomic E-state index is 0.252. The van der Waals surface area contributed by atoms with Crippen molar-refractivity contribution >= 4 is 40.3 Å². The molecule has 1 aromatic rings. The summed E-state index contributed by atoms with van der Waals surface area (Å²) < 4.78 is 12.0. The Bertz CT molecular complexity index is 548. The highest BCUT2D eigenvalue weighted by atomic mass is 127. The Kier molecular flexibility index (Phi) is 5.76. The van der Waals surface area contributed by atoms with Crippen molar-refractivity contribution < 1.29 is 14.3 Å². The average molecular weight is 439 g/mol. The number of carbonyl (C=O) groups excluding carboxylic acids is 1. The fraction of sp³-hybridized carbons (Fsp3) is 0.600. The first-order valence-electron chi connectivity index (χ1n) is 7.16. The van der Waals surface area contributed by atoms with Crippen LogP contribution in [0, 0.1) is 9.49 Å². The van der Waals surface area contributed by atoms with E-state index in [2.05, 4.69) is 27.6 Å². The van der Waals surface area contributed by atoms with Crippen molar-refractivity contribution in [3.05, 3.63) is 21.0 Å². The van der Waals surface area contributed by atoms with E-state index in [9.17, 15) is 4.79 Å². The van der Waals surface area contributed by atoms with Crippen molar-refractivity contribution in [2.24, 2.45) is 5.92 Å². The number of hydrogen-bond acceptors (Lipinski definition) is 4. The van der Waals surface area contributed by atoms with Crippen molar-refractivity contribution in [2.75, 3.05) is 19.7 Å². The SMILES string of the molecule is CC(C)(C)OC(=O)N1CC[C@@H](COc2cnc(Cl)c(I)c2)C1. The first-order valence-corrected chi connectivity index (χ1v) is 8.62. The van der Waals surface area contributed by atoms with Crippen LogP contribution in [0.3, 0.4) is 0 Å². The van der Waals surface area contributed by atoms with Gasteiger partial charge in [0.15, 0.2) is 0 Å². The number of hydrogen-bond donors (Lipinski definition) is 0. The highest BCUT2D eigenvalue weighted by Gasteiger charge is 2.30. The monoisotopic (exact) mass is 438 g/mol. The molecular weight excluding hydrogens is 419 g/mol. The Labute approximate surface area is 149 Å². The van der Waals surface area contributed by atoms with Crippen molar-refractivity contribution in [3.63, 3.8) is 0 Å². The minimum atomic E-state index is -0.461. The van der Waals surface area contributed by atoms with E-state index in [1.807, 2.05) is 26.8 Å². The summed E-state index contributed by atoms with van der Waals surface area (Å²) in [6.45, 7) is 7.54. The lowest BCUT2D eigenvalue weighted by molar-refractivity contribution is 0.0285. The van der Waals surface area contributed by atoms with Crippen LogP contribution in [-0.4, -0.2) is 41.3 Å². The van der Waals surface area contributed by atoms with E-state index in [1.165, 1.54) is 0 Å². The molecular formula is C15H20ClIN2O3. The number of halogens is 2. The summed E-state index contributed by atoms with van der Waals surface area (Å²) in [7, 11) is 0. The van der Waals surface area contributed by atoms with Gasteiger partial charge in [0.25, 0.3) is 0 Å². The zero-order valence-electron chi connectivity index (χ0n) is 12.9. The van der Waals surface area contributed by atoms with E-state index in [0.717, 1.165) is 9.99 Å². The van der Waals surface area contributed by atoms with Gasteiger partial charge in [-0.3, -0.25) is 0 Å². The van der Waals surface area contributed by atoms with E-state index < -0.39 is 5.60 Å². The van der Waals surface area contributed by atoms with E-state index in [-0.39, 0.29) is 6.09 Å². The Morgan fingerprint density at radius 2 is 2.27 bits per heavy atom. The summed E-state index contributed by atoms with van der Waals surface area (Å²) in [4.78, 5) is 17.8. The van der Waals surface area contributed by atoms with E-state index in [1.54, 1.807) is 11.1 Å². The number of aromatic nitrogens is 1. The van der Waals surface area contributed by atoms with E-state index >= 15 is 0 Å². The standard InChI is InChI=1S/C15H20ClIN2O3/c1-15(2,3)22-14(20)19-5-4-10(8-19)9-21-11-6-12(17)13(16)18-7-11/h6-7,10H,4-5,8-9H2,1-3H3/t10-/m1/s1. The number of pyridine rings is 1. The van der Waals surface area contributed by atoms with Crippen molar-refractivity contribution in [3.8, 4) is 5.75 Å². The maximum atomic E-state index is 12.0. The Morgan fingerprint density at radius 1 is 1.55 bits per heavy atom. The molecule has 1 aliphatic rings. The topological polar surface area (TPSA) is 51.7 Å². The molecule has 0 spiro atoms. The first-order chi connectivity index (χ1) is 10.2. The highest BCUT2D eigenvalue weighted by Crippen LogP contribution is 2.23. The largest absolute Gasteiger partial charge is 0.492 e. The smallest absolute Gasteiger partial charge is 0.410 e. The molecule has 0 N–H and O–H groups in total.